The van der Waals surface area contributed by atoms with Crippen molar-refractivity contribution in [2.24, 2.45) is 10.4 Å². The number of nitrogens with zero attached hydrogens (tertiary/aromatic N) is 2. The standard InChI is InChI=1S/C14H10N2O2/c17-15-13-9-8-12(10-14(13)16-18)7-6-11-4-2-1-3-5-11/h1-10H/b7-6+. The van der Waals surface area contributed by atoms with Crippen LogP contribution in [-0.4, -0.2) is 0 Å². The van der Waals surface area contributed by atoms with Crippen LogP contribution < -0.4 is 0 Å². The Morgan fingerprint density at radius 1 is 0.722 bits per heavy atom. The predicted molar refractivity (Wildman–Crippen MR) is 72.7 cm³/mol. The lowest BCUT2D eigenvalue weighted by molar-refractivity contribution is 1.41. The number of benzene rings is 2. The van der Waals surface area contributed by atoms with Gasteiger partial charge in [0.1, 0.15) is 11.4 Å². The summed E-state index contributed by atoms with van der Waals surface area (Å²) in [4.78, 5) is 20.9. The van der Waals surface area contributed by atoms with Crippen molar-refractivity contribution in [1.82, 2.24) is 0 Å². The molecule has 0 saturated heterocycles. The molecular formula is C14H10N2O2. The van der Waals surface area contributed by atoms with Gasteiger partial charge in [-0.1, -0.05) is 48.6 Å². The average Bonchev–Trinajstić information content (AvgIpc) is 2.45. The first-order valence-corrected chi connectivity index (χ1v) is 5.37. The van der Waals surface area contributed by atoms with Crippen molar-refractivity contribution in [3.05, 3.63) is 69.5 Å². The van der Waals surface area contributed by atoms with Gasteiger partial charge in [-0.15, -0.1) is 9.81 Å². The van der Waals surface area contributed by atoms with E-state index < -0.39 is 0 Å². The molecule has 0 heterocycles. The van der Waals surface area contributed by atoms with Crippen LogP contribution in [-0.2, 0) is 0 Å². The van der Waals surface area contributed by atoms with Gasteiger partial charge in [0.05, 0.1) is 0 Å². The Morgan fingerprint density at radius 2 is 1.39 bits per heavy atom. The monoisotopic (exact) mass is 238 g/mol. The summed E-state index contributed by atoms with van der Waals surface area (Å²) >= 11 is 0. The van der Waals surface area contributed by atoms with Crippen LogP contribution in [0.3, 0.4) is 0 Å². The van der Waals surface area contributed by atoms with E-state index in [1.807, 2.05) is 42.5 Å². The average molecular weight is 238 g/mol. The Morgan fingerprint density at radius 3 is 2.06 bits per heavy atom. The molecule has 0 bridgehead atoms. The van der Waals surface area contributed by atoms with Gasteiger partial charge in [-0.25, -0.2) is 0 Å². The van der Waals surface area contributed by atoms with Crippen LogP contribution in [0.5, 0.6) is 0 Å². The van der Waals surface area contributed by atoms with E-state index >= 15 is 0 Å². The van der Waals surface area contributed by atoms with Crippen molar-refractivity contribution in [3.63, 3.8) is 0 Å². The summed E-state index contributed by atoms with van der Waals surface area (Å²) in [6.45, 7) is 0. The Bertz CT molecular complexity index is 592. The fourth-order valence-corrected chi connectivity index (χ4v) is 1.55. The maximum Gasteiger partial charge on any atom is 0.137 e. The Balaban J connectivity index is 2.27. The van der Waals surface area contributed by atoms with Crippen molar-refractivity contribution in [1.29, 1.82) is 0 Å². The minimum absolute atomic E-state index is 0.0558. The molecule has 2 rings (SSSR count). The highest BCUT2D eigenvalue weighted by atomic mass is 16.3. The molecule has 4 heteroatoms. The minimum Gasteiger partial charge on any atom is -0.145 e. The third-order valence-electron chi connectivity index (χ3n) is 2.46. The van der Waals surface area contributed by atoms with Crippen LogP contribution in [0.1, 0.15) is 11.1 Å². The van der Waals surface area contributed by atoms with Crippen molar-refractivity contribution >= 4 is 23.5 Å². The van der Waals surface area contributed by atoms with Crippen molar-refractivity contribution < 1.29 is 0 Å². The molecule has 88 valence electrons. The second-order valence-corrected chi connectivity index (χ2v) is 3.67. The first-order chi connectivity index (χ1) is 8.83. The van der Waals surface area contributed by atoms with Crippen LogP contribution in [0.4, 0.5) is 11.4 Å². The highest BCUT2D eigenvalue weighted by Gasteiger charge is 2.03. The number of hydrogen-bond acceptors (Lipinski definition) is 4. The van der Waals surface area contributed by atoms with Gasteiger partial charge in [-0.05, 0) is 33.6 Å². The van der Waals surface area contributed by atoms with E-state index in [1.165, 1.54) is 12.1 Å². The highest BCUT2D eigenvalue weighted by molar-refractivity contribution is 5.74. The quantitative estimate of drug-likeness (QED) is 0.574. The van der Waals surface area contributed by atoms with E-state index in [-0.39, 0.29) is 11.4 Å². The first-order valence-electron chi connectivity index (χ1n) is 5.37. The lowest BCUT2D eigenvalue weighted by atomic mass is 10.1. The van der Waals surface area contributed by atoms with Crippen LogP contribution >= 0.6 is 0 Å². The molecule has 0 aliphatic rings. The Labute approximate surface area is 104 Å². The molecule has 0 saturated carbocycles. The Hall–Kier alpha value is -2.62. The van der Waals surface area contributed by atoms with Crippen LogP contribution in [0.15, 0.2) is 58.9 Å². The molecule has 0 spiro atoms. The fraction of sp³-hybridized carbons (Fsp3) is 0. The largest absolute Gasteiger partial charge is 0.145 e. The summed E-state index contributed by atoms with van der Waals surface area (Å²) in [5, 5.41) is 5.51. The molecule has 0 N–H and O–H groups in total. The fourth-order valence-electron chi connectivity index (χ4n) is 1.55. The molecule has 0 unspecified atom stereocenters. The van der Waals surface area contributed by atoms with Gasteiger partial charge in [-0.2, -0.15) is 0 Å². The lowest BCUT2D eigenvalue weighted by Gasteiger charge is -1.97. The number of nitroso groups, excluding NO2 is 2. The molecule has 4 nitrogen and oxygen atoms in total. The first kappa shape index (κ1) is 11.9. The molecule has 0 aromatic heterocycles. The molecular weight excluding hydrogens is 228 g/mol. The van der Waals surface area contributed by atoms with E-state index in [2.05, 4.69) is 10.4 Å². The maximum atomic E-state index is 10.5. The molecule has 0 atom stereocenters. The van der Waals surface area contributed by atoms with Gasteiger partial charge >= 0.3 is 0 Å². The van der Waals surface area contributed by atoms with Gasteiger partial charge in [-0.3, -0.25) is 0 Å². The lowest BCUT2D eigenvalue weighted by Crippen LogP contribution is -1.74. The van der Waals surface area contributed by atoms with Gasteiger partial charge in [0.15, 0.2) is 0 Å². The molecule has 18 heavy (non-hydrogen) atoms. The highest BCUT2D eigenvalue weighted by Crippen LogP contribution is 2.29. The molecule has 0 aliphatic carbocycles. The summed E-state index contributed by atoms with van der Waals surface area (Å²) in [5.74, 6) is 0. The molecule has 2 aromatic rings. The van der Waals surface area contributed by atoms with Gasteiger partial charge in [0.2, 0.25) is 0 Å². The number of rotatable bonds is 4. The van der Waals surface area contributed by atoms with Crippen molar-refractivity contribution in [2.75, 3.05) is 0 Å². The summed E-state index contributed by atoms with van der Waals surface area (Å²) in [5.41, 5.74) is 1.96. The second kappa shape index (κ2) is 5.63. The van der Waals surface area contributed by atoms with Gasteiger partial charge < -0.3 is 0 Å². The summed E-state index contributed by atoms with van der Waals surface area (Å²) in [7, 11) is 0. The smallest absolute Gasteiger partial charge is 0.137 e. The van der Waals surface area contributed by atoms with Crippen LogP contribution in [0.2, 0.25) is 0 Å². The van der Waals surface area contributed by atoms with E-state index in [4.69, 9.17) is 0 Å². The summed E-state index contributed by atoms with van der Waals surface area (Å²) in [6, 6.07) is 14.5. The van der Waals surface area contributed by atoms with Crippen LogP contribution in [0, 0.1) is 9.81 Å². The Kier molecular flexibility index (Phi) is 3.71. The minimum atomic E-state index is 0.0558. The van der Waals surface area contributed by atoms with Gasteiger partial charge in [0, 0.05) is 0 Å². The van der Waals surface area contributed by atoms with Crippen molar-refractivity contribution in [2.45, 2.75) is 0 Å². The maximum absolute atomic E-state index is 10.5. The third-order valence-corrected chi connectivity index (χ3v) is 2.46. The normalized spacial score (nSPS) is 10.4. The van der Waals surface area contributed by atoms with E-state index in [0.29, 0.717) is 0 Å². The molecule has 0 radical (unpaired) electrons. The van der Waals surface area contributed by atoms with Crippen LogP contribution in [0.25, 0.3) is 12.2 Å². The summed E-state index contributed by atoms with van der Waals surface area (Å²) in [6.07, 6.45) is 3.76. The SMILES string of the molecule is O=Nc1ccc(/C=C/c2ccccc2)cc1N=O. The van der Waals surface area contributed by atoms with E-state index in [1.54, 1.807) is 6.07 Å². The van der Waals surface area contributed by atoms with E-state index in [9.17, 15) is 9.81 Å². The zero-order valence-electron chi connectivity index (χ0n) is 9.48. The predicted octanol–water partition coefficient (Wildman–Crippen LogP) is 4.65. The zero-order chi connectivity index (χ0) is 12.8. The third kappa shape index (κ3) is 2.74. The van der Waals surface area contributed by atoms with Gasteiger partial charge in [0.25, 0.3) is 0 Å². The number of hydrogen-bond donors (Lipinski definition) is 0. The molecule has 0 fully saturated rings. The van der Waals surface area contributed by atoms with E-state index in [0.717, 1.165) is 11.1 Å². The van der Waals surface area contributed by atoms with Crippen molar-refractivity contribution in [3.8, 4) is 0 Å². The zero-order valence-corrected chi connectivity index (χ0v) is 9.48. The second-order valence-electron chi connectivity index (χ2n) is 3.67. The molecule has 2 aromatic carbocycles. The summed E-state index contributed by atoms with van der Waals surface area (Å²) < 4.78 is 0. The topological polar surface area (TPSA) is 58.9 Å². The molecule has 0 amide bonds. The molecule has 0 aliphatic heterocycles.